The highest BCUT2D eigenvalue weighted by Gasteiger charge is 2.44. The highest BCUT2D eigenvalue weighted by atomic mass is 16.5. The average molecular weight is 282 g/mol. The van der Waals surface area contributed by atoms with Gasteiger partial charge in [-0.3, -0.25) is 0 Å². The second-order valence-electron chi connectivity index (χ2n) is 5.72. The van der Waals surface area contributed by atoms with Gasteiger partial charge < -0.3 is 14.6 Å². The largest absolute Gasteiger partial charge is 0.504 e. The first-order chi connectivity index (χ1) is 10.3. The van der Waals surface area contributed by atoms with Gasteiger partial charge in [0.25, 0.3) is 0 Å². The molecule has 2 atom stereocenters. The van der Waals surface area contributed by atoms with Crippen molar-refractivity contribution in [2.75, 3.05) is 13.7 Å². The fourth-order valence-electron chi connectivity index (χ4n) is 3.62. The molecule has 0 radical (unpaired) electrons. The Bertz CT molecular complexity index is 679. The minimum atomic E-state index is 0.0967. The van der Waals surface area contributed by atoms with Gasteiger partial charge in [0.15, 0.2) is 11.5 Å². The van der Waals surface area contributed by atoms with Crippen LogP contribution < -0.4 is 4.74 Å². The number of ether oxygens (including phenoxy) is 2. The van der Waals surface area contributed by atoms with E-state index >= 15 is 0 Å². The summed E-state index contributed by atoms with van der Waals surface area (Å²) >= 11 is 0. The summed E-state index contributed by atoms with van der Waals surface area (Å²) in [4.78, 5) is 0. The van der Waals surface area contributed by atoms with Crippen molar-refractivity contribution in [1.29, 1.82) is 0 Å². The molecule has 3 heteroatoms. The van der Waals surface area contributed by atoms with Crippen LogP contribution in [0.2, 0.25) is 0 Å². The van der Waals surface area contributed by atoms with Gasteiger partial charge in [0.2, 0.25) is 0 Å². The first kappa shape index (κ1) is 12.7. The fourth-order valence-corrected chi connectivity index (χ4v) is 3.62. The number of hydrogen-bond acceptors (Lipinski definition) is 3. The number of fused-ring (bicyclic) bond motifs is 4. The van der Waals surface area contributed by atoms with E-state index in [0.29, 0.717) is 11.7 Å². The summed E-state index contributed by atoms with van der Waals surface area (Å²) in [5, 5.41) is 10.6. The van der Waals surface area contributed by atoms with E-state index in [1.54, 1.807) is 7.11 Å². The van der Waals surface area contributed by atoms with Crippen LogP contribution in [0.5, 0.6) is 11.5 Å². The van der Waals surface area contributed by atoms with E-state index in [1.165, 1.54) is 5.56 Å². The second-order valence-corrected chi connectivity index (χ2v) is 5.72. The van der Waals surface area contributed by atoms with Gasteiger partial charge in [-0.25, -0.2) is 0 Å². The fraction of sp³-hybridized carbons (Fsp3) is 0.333. The summed E-state index contributed by atoms with van der Waals surface area (Å²) < 4.78 is 11.3. The number of rotatable bonds is 2. The monoisotopic (exact) mass is 282 g/mol. The molecule has 1 fully saturated rings. The van der Waals surface area contributed by atoms with Gasteiger partial charge in [-0.05, 0) is 30.0 Å². The summed E-state index contributed by atoms with van der Waals surface area (Å²) in [5.74, 6) is 1.25. The van der Waals surface area contributed by atoms with E-state index < -0.39 is 0 Å². The Hall–Kier alpha value is -2.00. The first-order valence-electron chi connectivity index (χ1n) is 7.42. The zero-order valence-corrected chi connectivity index (χ0v) is 12.0. The maximum Gasteiger partial charge on any atom is 0.167 e. The summed E-state index contributed by atoms with van der Waals surface area (Å²) in [6, 6.07) is 12.1. The van der Waals surface area contributed by atoms with E-state index in [2.05, 4.69) is 6.07 Å². The molecule has 1 aliphatic carbocycles. The zero-order chi connectivity index (χ0) is 14.4. The SMILES string of the molecule is COc1c(O)c(-c2ccccc2)cc2c1C1OCCCC21. The van der Waals surface area contributed by atoms with Crippen LogP contribution in [0.25, 0.3) is 11.1 Å². The van der Waals surface area contributed by atoms with E-state index in [1.807, 2.05) is 30.3 Å². The Morgan fingerprint density at radius 2 is 2.05 bits per heavy atom. The van der Waals surface area contributed by atoms with E-state index in [0.717, 1.165) is 36.1 Å². The Balaban J connectivity index is 1.89. The number of aromatic hydroxyl groups is 1. The van der Waals surface area contributed by atoms with Gasteiger partial charge in [-0.2, -0.15) is 0 Å². The van der Waals surface area contributed by atoms with Crippen LogP contribution in [0.1, 0.15) is 36.0 Å². The van der Waals surface area contributed by atoms with Crippen molar-refractivity contribution in [3.05, 3.63) is 47.5 Å². The third-order valence-corrected chi connectivity index (χ3v) is 4.62. The van der Waals surface area contributed by atoms with Crippen LogP contribution in [0.3, 0.4) is 0 Å². The first-order valence-corrected chi connectivity index (χ1v) is 7.42. The lowest BCUT2D eigenvalue weighted by Crippen LogP contribution is -2.31. The Morgan fingerprint density at radius 1 is 1.24 bits per heavy atom. The average Bonchev–Trinajstić information content (AvgIpc) is 2.53. The van der Waals surface area contributed by atoms with Crippen molar-refractivity contribution in [2.24, 2.45) is 0 Å². The highest BCUT2D eigenvalue weighted by Crippen LogP contribution is 2.59. The molecule has 2 aromatic rings. The van der Waals surface area contributed by atoms with Crippen molar-refractivity contribution < 1.29 is 14.6 Å². The predicted octanol–water partition coefficient (Wildman–Crippen LogP) is 4.02. The van der Waals surface area contributed by atoms with E-state index in [9.17, 15) is 5.11 Å². The summed E-state index contributed by atoms with van der Waals surface area (Å²) in [6.45, 7) is 0.797. The van der Waals surface area contributed by atoms with Gasteiger partial charge in [0.1, 0.15) is 0 Å². The summed E-state index contributed by atoms with van der Waals surface area (Å²) in [7, 11) is 1.61. The minimum absolute atomic E-state index is 0.0967. The molecule has 4 rings (SSSR count). The minimum Gasteiger partial charge on any atom is -0.504 e. The van der Waals surface area contributed by atoms with Crippen molar-refractivity contribution in [2.45, 2.75) is 24.9 Å². The van der Waals surface area contributed by atoms with Crippen LogP contribution in [0.15, 0.2) is 36.4 Å². The van der Waals surface area contributed by atoms with Crippen LogP contribution >= 0.6 is 0 Å². The lowest BCUT2D eigenvalue weighted by Gasteiger charge is -2.43. The van der Waals surface area contributed by atoms with Crippen molar-refractivity contribution in [3.63, 3.8) is 0 Å². The highest BCUT2D eigenvalue weighted by molar-refractivity contribution is 5.78. The molecular formula is C18H18O3. The molecule has 0 spiro atoms. The smallest absolute Gasteiger partial charge is 0.167 e. The third kappa shape index (κ3) is 1.77. The van der Waals surface area contributed by atoms with Gasteiger partial charge in [0.05, 0.1) is 13.2 Å². The molecule has 3 nitrogen and oxygen atoms in total. The predicted molar refractivity (Wildman–Crippen MR) is 80.8 cm³/mol. The Labute approximate surface area is 124 Å². The Kier molecular flexibility index (Phi) is 2.89. The third-order valence-electron chi connectivity index (χ3n) is 4.62. The van der Waals surface area contributed by atoms with E-state index in [-0.39, 0.29) is 11.9 Å². The van der Waals surface area contributed by atoms with Crippen LogP contribution in [-0.4, -0.2) is 18.8 Å². The summed E-state index contributed by atoms with van der Waals surface area (Å²) in [5.41, 5.74) is 4.17. The molecule has 1 N–H and O–H groups in total. The zero-order valence-electron chi connectivity index (χ0n) is 12.0. The maximum absolute atomic E-state index is 10.6. The maximum atomic E-state index is 10.6. The molecule has 0 saturated carbocycles. The molecule has 0 aromatic heterocycles. The number of phenols is 1. The topological polar surface area (TPSA) is 38.7 Å². The standard InChI is InChI=1S/C18H18O3/c1-20-18-15-14(12-8-5-9-21-17(12)15)10-13(16(18)19)11-6-3-2-4-7-11/h2-4,6-7,10,12,17,19H,5,8-9H2,1H3. The van der Waals surface area contributed by atoms with Crippen molar-refractivity contribution in [1.82, 2.24) is 0 Å². The molecule has 1 saturated heterocycles. The molecule has 2 aliphatic rings. The van der Waals surface area contributed by atoms with Crippen molar-refractivity contribution in [3.8, 4) is 22.6 Å². The van der Waals surface area contributed by atoms with Gasteiger partial charge in [0, 0.05) is 23.7 Å². The number of benzene rings is 2. The molecule has 108 valence electrons. The van der Waals surface area contributed by atoms with Crippen LogP contribution in [0, 0.1) is 0 Å². The molecule has 2 aromatic carbocycles. The second kappa shape index (κ2) is 4.78. The quantitative estimate of drug-likeness (QED) is 0.904. The van der Waals surface area contributed by atoms with Crippen LogP contribution in [0.4, 0.5) is 0 Å². The molecule has 1 aliphatic heterocycles. The molecular weight excluding hydrogens is 264 g/mol. The molecule has 2 unspecified atom stereocenters. The molecule has 0 amide bonds. The van der Waals surface area contributed by atoms with Gasteiger partial charge >= 0.3 is 0 Å². The lowest BCUT2D eigenvalue weighted by molar-refractivity contribution is -0.0240. The van der Waals surface area contributed by atoms with Gasteiger partial charge in [-0.1, -0.05) is 30.3 Å². The summed E-state index contributed by atoms with van der Waals surface area (Å²) in [6.07, 6.45) is 2.35. The number of hydrogen-bond donors (Lipinski definition) is 1. The number of methoxy groups -OCH3 is 1. The van der Waals surface area contributed by atoms with Crippen LogP contribution in [-0.2, 0) is 4.74 Å². The van der Waals surface area contributed by atoms with Crippen molar-refractivity contribution >= 4 is 0 Å². The molecule has 1 heterocycles. The normalized spacial score (nSPS) is 22.9. The molecule has 21 heavy (non-hydrogen) atoms. The Morgan fingerprint density at radius 3 is 2.81 bits per heavy atom. The van der Waals surface area contributed by atoms with E-state index in [4.69, 9.17) is 9.47 Å². The lowest BCUT2D eigenvalue weighted by atomic mass is 9.69. The molecule has 0 bridgehead atoms. The van der Waals surface area contributed by atoms with Gasteiger partial charge in [-0.15, -0.1) is 0 Å². The number of phenolic OH excluding ortho intramolecular Hbond substituents is 1.